The van der Waals surface area contributed by atoms with Gasteiger partial charge in [0.25, 0.3) is 5.69 Å². The number of anilines is 1. The highest BCUT2D eigenvalue weighted by atomic mass is 16.6. The zero-order valence-electron chi connectivity index (χ0n) is 20.8. The molecule has 2 aliphatic carbocycles. The lowest BCUT2D eigenvalue weighted by Gasteiger charge is -2.28. The number of nitro groups is 1. The first-order valence-electron chi connectivity index (χ1n) is 12.8. The van der Waals surface area contributed by atoms with E-state index in [-0.39, 0.29) is 58.2 Å². The monoisotopic (exact) mass is 524 g/mol. The minimum Gasteiger partial charge on any atom is -0.454 e. The molecule has 9 heteroatoms. The van der Waals surface area contributed by atoms with E-state index in [0.29, 0.717) is 5.69 Å². The average Bonchev–Trinajstić information content (AvgIpc) is 3.63. The number of fused-ring (bicyclic) bond motifs is 5. The largest absolute Gasteiger partial charge is 0.454 e. The van der Waals surface area contributed by atoms with Crippen LogP contribution in [0.4, 0.5) is 11.4 Å². The zero-order chi connectivity index (χ0) is 27.3. The molecule has 5 atom stereocenters. The molecule has 2 amide bonds. The van der Waals surface area contributed by atoms with E-state index < -0.39 is 23.3 Å². The van der Waals surface area contributed by atoms with E-state index in [2.05, 4.69) is 12.1 Å². The summed E-state index contributed by atoms with van der Waals surface area (Å²) in [5, 5.41) is 10.9. The maximum Gasteiger partial charge on any atom is 0.338 e. The molecule has 3 aromatic carbocycles. The highest BCUT2D eigenvalue weighted by Gasteiger charge is 2.64. The van der Waals surface area contributed by atoms with Crippen molar-refractivity contribution >= 4 is 34.9 Å². The van der Waals surface area contributed by atoms with Gasteiger partial charge in [-0.3, -0.25) is 29.4 Å². The lowest BCUT2D eigenvalue weighted by Crippen LogP contribution is -2.33. The fourth-order valence-electron chi connectivity index (χ4n) is 6.63. The van der Waals surface area contributed by atoms with Gasteiger partial charge in [0.05, 0.1) is 28.0 Å². The number of non-ortho nitro benzene ring substituents is 1. The third-order valence-electron chi connectivity index (χ3n) is 8.32. The van der Waals surface area contributed by atoms with Gasteiger partial charge in [0.1, 0.15) is 0 Å². The molecule has 0 aromatic heterocycles. The second-order valence-corrected chi connectivity index (χ2v) is 10.3. The summed E-state index contributed by atoms with van der Waals surface area (Å²) < 4.78 is 5.10. The van der Waals surface area contributed by atoms with Crippen LogP contribution in [0.5, 0.6) is 0 Å². The van der Waals surface area contributed by atoms with Crippen molar-refractivity contribution in [2.75, 3.05) is 11.5 Å². The van der Waals surface area contributed by atoms with E-state index in [9.17, 15) is 29.3 Å². The molecule has 0 unspecified atom stereocenters. The number of imide groups is 1. The molecular formula is C30H24N2O7. The summed E-state index contributed by atoms with van der Waals surface area (Å²) in [6.07, 6.45) is 1.79. The summed E-state index contributed by atoms with van der Waals surface area (Å²) in [6.45, 7) is -0.584. The maximum atomic E-state index is 13.5. The molecule has 0 N–H and O–H groups in total. The van der Waals surface area contributed by atoms with E-state index >= 15 is 0 Å². The van der Waals surface area contributed by atoms with Crippen LogP contribution in [0.25, 0.3) is 0 Å². The summed E-state index contributed by atoms with van der Waals surface area (Å²) in [5.74, 6) is -1.73. The van der Waals surface area contributed by atoms with Crippen LogP contribution in [-0.4, -0.2) is 35.1 Å². The Morgan fingerprint density at radius 2 is 1.59 bits per heavy atom. The molecular weight excluding hydrogens is 500 g/mol. The Morgan fingerprint density at radius 1 is 0.872 bits per heavy atom. The number of rotatable bonds is 7. The zero-order valence-corrected chi connectivity index (χ0v) is 20.8. The van der Waals surface area contributed by atoms with Gasteiger partial charge in [0.2, 0.25) is 17.6 Å². The fraction of sp³-hybridized carbons (Fsp3) is 0.267. The summed E-state index contributed by atoms with van der Waals surface area (Å²) in [6, 6.07) is 21.3. The quantitative estimate of drug-likeness (QED) is 0.146. The van der Waals surface area contributed by atoms with Gasteiger partial charge < -0.3 is 4.74 Å². The van der Waals surface area contributed by atoms with Crippen LogP contribution >= 0.6 is 0 Å². The van der Waals surface area contributed by atoms with Crippen molar-refractivity contribution in [2.45, 2.75) is 18.8 Å². The fourth-order valence-corrected chi connectivity index (χ4v) is 6.63. The van der Waals surface area contributed by atoms with Crippen LogP contribution in [0.1, 0.15) is 45.0 Å². The molecule has 6 rings (SSSR count). The Bertz CT molecular complexity index is 1500. The lowest BCUT2D eigenvalue weighted by atomic mass is 9.73. The van der Waals surface area contributed by atoms with Gasteiger partial charge in [0, 0.05) is 17.7 Å². The Labute approximate surface area is 223 Å². The predicted octanol–water partition coefficient (Wildman–Crippen LogP) is 4.56. The number of ether oxygens (including phenoxy) is 1. The first-order chi connectivity index (χ1) is 18.8. The summed E-state index contributed by atoms with van der Waals surface area (Å²) in [4.78, 5) is 63.3. The van der Waals surface area contributed by atoms with Crippen molar-refractivity contribution < 1.29 is 28.8 Å². The molecule has 0 spiro atoms. The first-order valence-corrected chi connectivity index (χ1v) is 12.8. The number of esters is 1. The summed E-state index contributed by atoms with van der Waals surface area (Å²) in [7, 11) is 0. The van der Waals surface area contributed by atoms with Gasteiger partial charge in [-0.05, 0) is 60.4 Å². The maximum absolute atomic E-state index is 13.5. The molecule has 3 aliphatic rings. The standard InChI is InChI=1S/C30H24N2O7/c33-25(19-7-4-8-22(13-19)32(37)38)16-39-30(36)18-9-11-21(12-10-18)31-28(34)26-20-14-23(17-5-2-1-3-6-17)24(15-20)27(26)29(31)35/h1-13,20,23-24,26-27H,14-16H2/t20-,23+,24-,26+,27+/m0/s1. The van der Waals surface area contributed by atoms with E-state index in [1.807, 2.05) is 18.2 Å². The van der Waals surface area contributed by atoms with Gasteiger partial charge in [-0.15, -0.1) is 0 Å². The van der Waals surface area contributed by atoms with Gasteiger partial charge >= 0.3 is 5.97 Å². The van der Waals surface area contributed by atoms with Crippen molar-refractivity contribution in [1.82, 2.24) is 0 Å². The molecule has 3 fully saturated rings. The van der Waals surface area contributed by atoms with Crippen molar-refractivity contribution in [2.24, 2.45) is 23.7 Å². The third kappa shape index (κ3) is 4.20. The van der Waals surface area contributed by atoms with Gasteiger partial charge in [0.15, 0.2) is 6.61 Å². The lowest BCUT2D eigenvalue weighted by molar-refractivity contribution is -0.384. The molecule has 196 valence electrons. The Morgan fingerprint density at radius 3 is 2.31 bits per heavy atom. The first kappa shape index (κ1) is 24.7. The summed E-state index contributed by atoms with van der Waals surface area (Å²) in [5.41, 5.74) is 1.59. The van der Waals surface area contributed by atoms with E-state index in [0.717, 1.165) is 18.9 Å². The minimum absolute atomic E-state index is 0.0624. The van der Waals surface area contributed by atoms with Crippen LogP contribution in [0, 0.1) is 33.8 Å². The van der Waals surface area contributed by atoms with E-state index in [1.165, 1.54) is 52.9 Å². The van der Waals surface area contributed by atoms with Crippen molar-refractivity contribution in [3.8, 4) is 0 Å². The second kappa shape index (κ2) is 9.58. The van der Waals surface area contributed by atoms with Crippen LogP contribution in [-0.2, 0) is 14.3 Å². The van der Waals surface area contributed by atoms with Crippen LogP contribution in [0.2, 0.25) is 0 Å². The second-order valence-electron chi connectivity index (χ2n) is 10.3. The number of benzene rings is 3. The van der Waals surface area contributed by atoms with Crippen molar-refractivity contribution in [1.29, 1.82) is 0 Å². The number of ketones is 1. The van der Waals surface area contributed by atoms with Gasteiger partial charge in [-0.1, -0.05) is 42.5 Å². The van der Waals surface area contributed by atoms with Crippen LogP contribution < -0.4 is 4.90 Å². The average molecular weight is 525 g/mol. The third-order valence-corrected chi connectivity index (χ3v) is 8.32. The Balaban J connectivity index is 1.12. The predicted molar refractivity (Wildman–Crippen MR) is 139 cm³/mol. The number of carbonyl (C=O) groups is 4. The number of nitro benzene ring substituents is 1. The molecule has 2 saturated carbocycles. The molecule has 0 radical (unpaired) electrons. The van der Waals surface area contributed by atoms with Gasteiger partial charge in [-0.25, -0.2) is 4.79 Å². The SMILES string of the molecule is O=C(COC(=O)c1ccc(N2C(=O)[C@@H]3[C@@H]4C[C@H]([C@H]3C2=O)[C@@H](c2ccccc2)C4)cc1)c1cccc([N+](=O)[O-])c1. The van der Waals surface area contributed by atoms with Crippen LogP contribution in [0.15, 0.2) is 78.9 Å². The molecule has 39 heavy (non-hydrogen) atoms. The number of hydrogen-bond donors (Lipinski definition) is 0. The minimum atomic E-state index is -0.764. The number of hydrogen-bond acceptors (Lipinski definition) is 7. The number of Topliss-reactive ketones (excluding diaryl/α,β-unsaturated/α-hetero) is 1. The van der Waals surface area contributed by atoms with Crippen LogP contribution in [0.3, 0.4) is 0 Å². The highest BCUT2D eigenvalue weighted by molar-refractivity contribution is 6.22. The van der Waals surface area contributed by atoms with E-state index in [4.69, 9.17) is 4.74 Å². The smallest absolute Gasteiger partial charge is 0.338 e. The van der Waals surface area contributed by atoms with Gasteiger partial charge in [-0.2, -0.15) is 0 Å². The van der Waals surface area contributed by atoms with Crippen molar-refractivity contribution in [3.05, 3.63) is 106 Å². The number of carbonyl (C=O) groups excluding carboxylic acids is 4. The molecule has 9 nitrogen and oxygen atoms in total. The number of nitrogens with zero attached hydrogens (tertiary/aromatic N) is 2. The molecule has 1 heterocycles. The van der Waals surface area contributed by atoms with Crippen molar-refractivity contribution in [3.63, 3.8) is 0 Å². The molecule has 2 bridgehead atoms. The molecule has 3 aromatic rings. The Hall–Kier alpha value is -4.66. The highest BCUT2D eigenvalue weighted by Crippen LogP contribution is 2.61. The Kier molecular flexibility index (Phi) is 6.06. The normalized spacial score (nSPS) is 25.0. The number of amides is 2. The topological polar surface area (TPSA) is 124 Å². The van der Waals surface area contributed by atoms with E-state index in [1.54, 1.807) is 0 Å². The molecule has 1 saturated heterocycles. The molecule has 1 aliphatic heterocycles. The summed E-state index contributed by atoms with van der Waals surface area (Å²) >= 11 is 0.